The van der Waals surface area contributed by atoms with Gasteiger partial charge in [0, 0.05) is 22.7 Å². The predicted octanol–water partition coefficient (Wildman–Crippen LogP) is 3.64. The van der Waals surface area contributed by atoms with E-state index in [1.807, 2.05) is 41.8 Å². The van der Waals surface area contributed by atoms with E-state index in [4.69, 9.17) is 5.73 Å². The molecule has 0 saturated carbocycles. The number of nitrogens with two attached hydrogens (primary N) is 1. The first-order valence-electron chi connectivity index (χ1n) is 7.84. The number of aromatic amines is 1. The van der Waals surface area contributed by atoms with E-state index in [-0.39, 0.29) is 5.91 Å². The number of nitrogens with one attached hydrogen (secondary N) is 2. The van der Waals surface area contributed by atoms with E-state index in [1.54, 1.807) is 18.3 Å². The zero-order valence-corrected chi connectivity index (χ0v) is 14.3. The molecule has 6 nitrogen and oxygen atoms in total. The molecule has 0 radical (unpaired) electrons. The van der Waals surface area contributed by atoms with Gasteiger partial charge in [0.15, 0.2) is 5.13 Å². The molecule has 0 bridgehead atoms. The number of nitrogens with zero attached hydrogens (tertiary/aromatic N) is 1. The molecule has 0 aliphatic carbocycles. The quantitative estimate of drug-likeness (QED) is 0.516. The molecule has 7 heteroatoms. The van der Waals surface area contributed by atoms with Crippen LogP contribution in [0.3, 0.4) is 0 Å². The molecule has 0 spiro atoms. The summed E-state index contributed by atoms with van der Waals surface area (Å²) in [6.45, 7) is 0. The minimum Gasteiger partial charge on any atom is -0.364 e. The Kier molecular flexibility index (Phi) is 3.98. The molecule has 26 heavy (non-hydrogen) atoms. The van der Waals surface area contributed by atoms with Crippen molar-refractivity contribution < 1.29 is 9.59 Å². The molecular formula is C19H14N4O2S. The number of anilines is 1. The van der Waals surface area contributed by atoms with Gasteiger partial charge in [-0.25, -0.2) is 4.98 Å². The van der Waals surface area contributed by atoms with E-state index in [0.717, 1.165) is 16.3 Å². The second-order valence-corrected chi connectivity index (χ2v) is 6.58. The van der Waals surface area contributed by atoms with Gasteiger partial charge in [0.1, 0.15) is 5.69 Å². The molecule has 0 aliphatic heterocycles. The van der Waals surface area contributed by atoms with Crippen LogP contribution in [0.5, 0.6) is 0 Å². The molecule has 0 atom stereocenters. The van der Waals surface area contributed by atoms with Crippen molar-refractivity contribution >= 4 is 39.1 Å². The molecule has 128 valence electrons. The number of hydrogen-bond acceptors (Lipinski definition) is 4. The van der Waals surface area contributed by atoms with E-state index in [1.165, 1.54) is 11.3 Å². The average molecular weight is 362 g/mol. The number of benzene rings is 2. The standard InChI is InChI=1S/C19H14N4O2S/c20-17(24)15-8-14(9-21-15)16-10-26-19(22-16)23-18(25)13-6-5-11-3-1-2-4-12(11)7-13/h1-10,21H,(H2,20,24)(H,22,23,25). The van der Waals surface area contributed by atoms with Gasteiger partial charge >= 0.3 is 0 Å². The molecule has 4 rings (SSSR count). The third-order valence-electron chi connectivity index (χ3n) is 3.98. The van der Waals surface area contributed by atoms with E-state index in [9.17, 15) is 9.59 Å². The molecule has 0 fully saturated rings. The Morgan fingerprint density at radius 3 is 2.65 bits per heavy atom. The van der Waals surface area contributed by atoms with Crippen molar-refractivity contribution in [3.05, 3.63) is 71.4 Å². The number of thiazole rings is 1. The second-order valence-electron chi connectivity index (χ2n) is 5.72. The van der Waals surface area contributed by atoms with Crippen LogP contribution in [-0.4, -0.2) is 21.8 Å². The summed E-state index contributed by atoms with van der Waals surface area (Å²) in [5, 5.41) is 7.19. The Balaban J connectivity index is 1.54. The molecule has 2 amide bonds. The van der Waals surface area contributed by atoms with Crippen molar-refractivity contribution in [2.24, 2.45) is 5.73 Å². The first kappa shape index (κ1) is 16.0. The third-order valence-corrected chi connectivity index (χ3v) is 4.74. The van der Waals surface area contributed by atoms with Crippen molar-refractivity contribution in [1.82, 2.24) is 9.97 Å². The minimum atomic E-state index is -0.531. The van der Waals surface area contributed by atoms with Crippen molar-refractivity contribution in [3.8, 4) is 11.3 Å². The van der Waals surface area contributed by atoms with Gasteiger partial charge in [-0.3, -0.25) is 14.9 Å². The highest BCUT2D eigenvalue weighted by molar-refractivity contribution is 7.14. The van der Waals surface area contributed by atoms with Crippen molar-refractivity contribution in [1.29, 1.82) is 0 Å². The normalized spacial score (nSPS) is 10.8. The van der Waals surface area contributed by atoms with Crippen LogP contribution >= 0.6 is 11.3 Å². The number of carbonyl (C=O) groups excluding carboxylic acids is 2. The summed E-state index contributed by atoms with van der Waals surface area (Å²) in [6.07, 6.45) is 1.66. The number of amides is 2. The molecule has 2 aromatic heterocycles. The number of aromatic nitrogens is 2. The van der Waals surface area contributed by atoms with Gasteiger partial charge in [0.25, 0.3) is 11.8 Å². The number of primary amides is 1. The Bertz CT molecular complexity index is 1130. The fourth-order valence-corrected chi connectivity index (χ4v) is 3.36. The van der Waals surface area contributed by atoms with Crippen molar-refractivity contribution in [2.45, 2.75) is 0 Å². The summed E-state index contributed by atoms with van der Waals surface area (Å²) in [5.74, 6) is -0.750. The van der Waals surface area contributed by atoms with E-state index in [2.05, 4.69) is 15.3 Å². The molecule has 4 aromatic rings. The molecule has 2 aromatic carbocycles. The second kappa shape index (κ2) is 6.45. The highest BCUT2D eigenvalue weighted by Gasteiger charge is 2.12. The van der Waals surface area contributed by atoms with Gasteiger partial charge in [-0.15, -0.1) is 11.3 Å². The summed E-state index contributed by atoms with van der Waals surface area (Å²) < 4.78 is 0. The maximum absolute atomic E-state index is 12.5. The van der Waals surface area contributed by atoms with Gasteiger partial charge in [-0.05, 0) is 29.0 Å². The highest BCUT2D eigenvalue weighted by Crippen LogP contribution is 2.26. The molecule has 4 N–H and O–H groups in total. The van der Waals surface area contributed by atoms with E-state index < -0.39 is 5.91 Å². The van der Waals surface area contributed by atoms with Crippen LogP contribution in [0.25, 0.3) is 22.0 Å². The van der Waals surface area contributed by atoms with Crippen molar-refractivity contribution in [3.63, 3.8) is 0 Å². The van der Waals surface area contributed by atoms with Crippen LogP contribution in [0.4, 0.5) is 5.13 Å². The third kappa shape index (κ3) is 3.07. The maximum atomic E-state index is 12.5. The number of fused-ring (bicyclic) bond motifs is 1. The van der Waals surface area contributed by atoms with Crippen LogP contribution in [-0.2, 0) is 0 Å². The Hall–Kier alpha value is -3.45. The van der Waals surface area contributed by atoms with Gasteiger partial charge < -0.3 is 10.7 Å². The summed E-state index contributed by atoms with van der Waals surface area (Å²) in [7, 11) is 0. The summed E-state index contributed by atoms with van der Waals surface area (Å²) in [6, 6.07) is 15.1. The fraction of sp³-hybridized carbons (Fsp3) is 0. The molecule has 2 heterocycles. The summed E-state index contributed by atoms with van der Waals surface area (Å²) in [5.41, 5.74) is 7.51. The van der Waals surface area contributed by atoms with E-state index >= 15 is 0 Å². The van der Waals surface area contributed by atoms with E-state index in [0.29, 0.717) is 22.1 Å². The number of carbonyl (C=O) groups is 2. The zero-order valence-electron chi connectivity index (χ0n) is 13.5. The molecule has 0 unspecified atom stereocenters. The largest absolute Gasteiger partial charge is 0.364 e. The average Bonchev–Trinajstić information content (AvgIpc) is 3.30. The molecule has 0 saturated heterocycles. The van der Waals surface area contributed by atoms with Gasteiger partial charge in [0.05, 0.1) is 5.69 Å². The highest BCUT2D eigenvalue weighted by atomic mass is 32.1. The predicted molar refractivity (Wildman–Crippen MR) is 102 cm³/mol. The first-order valence-corrected chi connectivity index (χ1v) is 8.72. The van der Waals surface area contributed by atoms with Crippen LogP contribution in [0.1, 0.15) is 20.8 Å². The Labute approximate surface area is 152 Å². The van der Waals surface area contributed by atoms with Crippen LogP contribution < -0.4 is 11.1 Å². The zero-order chi connectivity index (χ0) is 18.1. The van der Waals surface area contributed by atoms with Gasteiger partial charge in [-0.2, -0.15) is 0 Å². The van der Waals surface area contributed by atoms with Crippen LogP contribution in [0.2, 0.25) is 0 Å². The first-order chi connectivity index (χ1) is 12.6. The van der Waals surface area contributed by atoms with Crippen LogP contribution in [0.15, 0.2) is 60.1 Å². The maximum Gasteiger partial charge on any atom is 0.265 e. The summed E-state index contributed by atoms with van der Waals surface area (Å²) >= 11 is 1.32. The molecular weight excluding hydrogens is 348 g/mol. The number of H-pyrrole nitrogens is 1. The monoisotopic (exact) mass is 362 g/mol. The lowest BCUT2D eigenvalue weighted by molar-refractivity contribution is 0.0994. The lowest BCUT2D eigenvalue weighted by Gasteiger charge is -2.03. The van der Waals surface area contributed by atoms with Crippen LogP contribution in [0, 0.1) is 0 Å². The number of hydrogen-bond donors (Lipinski definition) is 3. The molecule has 0 aliphatic rings. The lowest BCUT2D eigenvalue weighted by Crippen LogP contribution is -2.11. The minimum absolute atomic E-state index is 0.219. The number of rotatable bonds is 4. The summed E-state index contributed by atoms with van der Waals surface area (Å²) in [4.78, 5) is 30.8. The van der Waals surface area contributed by atoms with Gasteiger partial charge in [-0.1, -0.05) is 30.3 Å². The Morgan fingerprint density at radius 2 is 1.88 bits per heavy atom. The fourth-order valence-electron chi connectivity index (χ4n) is 2.65. The SMILES string of the molecule is NC(=O)c1cc(-c2csc(NC(=O)c3ccc4ccccc4c3)n2)c[nH]1. The lowest BCUT2D eigenvalue weighted by atomic mass is 10.1. The smallest absolute Gasteiger partial charge is 0.265 e. The topological polar surface area (TPSA) is 101 Å². The Morgan fingerprint density at radius 1 is 1.08 bits per heavy atom. The van der Waals surface area contributed by atoms with Gasteiger partial charge in [0.2, 0.25) is 0 Å². The van der Waals surface area contributed by atoms with Crippen molar-refractivity contribution in [2.75, 3.05) is 5.32 Å².